The Labute approximate surface area is 82.6 Å². The van der Waals surface area contributed by atoms with Gasteiger partial charge in [0.15, 0.2) is 0 Å². The van der Waals surface area contributed by atoms with Gasteiger partial charge in [-0.15, -0.1) is 0 Å². The summed E-state index contributed by atoms with van der Waals surface area (Å²) in [4.78, 5) is 0. The maximum Gasteiger partial charge on any atom is 0.0589 e. The van der Waals surface area contributed by atoms with E-state index in [2.05, 4.69) is 43.3 Å². The maximum absolute atomic E-state index is 4.38. The van der Waals surface area contributed by atoms with E-state index in [4.69, 9.17) is 0 Å². The third kappa shape index (κ3) is 1.35. The van der Waals surface area contributed by atoms with Crippen LogP contribution in [0.3, 0.4) is 0 Å². The molecule has 1 aromatic heterocycles. The van der Waals surface area contributed by atoms with Crippen molar-refractivity contribution in [2.24, 2.45) is 0 Å². The number of hydrogen-bond acceptors (Lipinski definition) is 2. The normalized spacial score (nSPS) is 11.4. The number of rotatable bonds is 1. The van der Waals surface area contributed by atoms with E-state index >= 15 is 0 Å². The van der Waals surface area contributed by atoms with Crippen LogP contribution in [0.15, 0.2) is 18.2 Å². The molecular weight excluding hydrogens is 178 g/mol. The number of aromatic nitrogens is 1. The Morgan fingerprint density at radius 1 is 1.31 bits per heavy atom. The van der Waals surface area contributed by atoms with Crippen LogP contribution in [0.2, 0.25) is 0 Å². The molecule has 1 aromatic carbocycles. The molecule has 0 aliphatic rings. The minimum Gasteiger partial charge on any atom is -0.197 e. The first-order valence-electron chi connectivity index (χ1n) is 4.55. The first kappa shape index (κ1) is 8.70. The van der Waals surface area contributed by atoms with Crippen LogP contribution >= 0.6 is 11.5 Å². The highest BCUT2D eigenvalue weighted by Gasteiger charge is 2.08. The van der Waals surface area contributed by atoms with Crippen LogP contribution in [0.4, 0.5) is 0 Å². The van der Waals surface area contributed by atoms with Crippen molar-refractivity contribution in [2.45, 2.75) is 26.7 Å². The fourth-order valence-corrected chi connectivity index (χ4v) is 2.61. The molecule has 0 saturated carbocycles. The number of aryl methyl sites for hydroxylation is 1. The third-order valence-electron chi connectivity index (χ3n) is 2.33. The standard InChI is InChI=1S/C11H13NS/c1-7(2)9-5-4-6-10-8(3)12-13-11(9)10/h4-7H,1-3H3. The second-order valence-electron chi connectivity index (χ2n) is 3.65. The zero-order valence-electron chi connectivity index (χ0n) is 8.16. The van der Waals surface area contributed by atoms with E-state index in [1.165, 1.54) is 15.6 Å². The van der Waals surface area contributed by atoms with Crippen LogP contribution in [-0.2, 0) is 0 Å². The molecule has 0 radical (unpaired) electrons. The average Bonchev–Trinajstić information content (AvgIpc) is 2.48. The van der Waals surface area contributed by atoms with Gasteiger partial charge in [-0.25, -0.2) is 0 Å². The number of nitrogens with zero attached hydrogens (tertiary/aromatic N) is 1. The molecule has 0 atom stereocenters. The van der Waals surface area contributed by atoms with Crippen LogP contribution in [0.5, 0.6) is 0 Å². The van der Waals surface area contributed by atoms with E-state index in [1.54, 1.807) is 11.5 Å². The molecule has 0 aliphatic carbocycles. The Kier molecular flexibility index (Phi) is 2.08. The molecule has 2 rings (SSSR count). The van der Waals surface area contributed by atoms with Gasteiger partial charge in [-0.2, -0.15) is 4.37 Å². The fourth-order valence-electron chi connectivity index (χ4n) is 1.56. The van der Waals surface area contributed by atoms with Crippen LogP contribution in [0.25, 0.3) is 10.1 Å². The van der Waals surface area contributed by atoms with Gasteiger partial charge in [0.05, 0.1) is 10.4 Å². The Hall–Kier alpha value is -0.890. The van der Waals surface area contributed by atoms with Gasteiger partial charge in [0.1, 0.15) is 0 Å². The van der Waals surface area contributed by atoms with Gasteiger partial charge < -0.3 is 0 Å². The van der Waals surface area contributed by atoms with Gasteiger partial charge in [0.2, 0.25) is 0 Å². The topological polar surface area (TPSA) is 12.9 Å². The summed E-state index contributed by atoms with van der Waals surface area (Å²) in [5, 5.41) is 1.32. The molecule has 13 heavy (non-hydrogen) atoms. The van der Waals surface area contributed by atoms with E-state index in [-0.39, 0.29) is 0 Å². The molecule has 0 unspecified atom stereocenters. The minimum absolute atomic E-state index is 0.587. The van der Waals surface area contributed by atoms with Gasteiger partial charge in [-0.05, 0) is 29.9 Å². The van der Waals surface area contributed by atoms with E-state index in [0.717, 1.165) is 5.69 Å². The summed E-state index contributed by atoms with van der Waals surface area (Å²) < 4.78 is 5.74. The molecule has 0 N–H and O–H groups in total. The molecule has 0 spiro atoms. The SMILES string of the molecule is Cc1nsc2c(C(C)C)cccc12. The molecule has 68 valence electrons. The van der Waals surface area contributed by atoms with E-state index < -0.39 is 0 Å². The molecular formula is C11H13NS. The largest absolute Gasteiger partial charge is 0.197 e. The number of hydrogen-bond donors (Lipinski definition) is 0. The summed E-state index contributed by atoms with van der Waals surface area (Å²) in [5.74, 6) is 0.587. The number of fused-ring (bicyclic) bond motifs is 1. The Morgan fingerprint density at radius 2 is 2.08 bits per heavy atom. The van der Waals surface area contributed by atoms with Crippen molar-refractivity contribution in [3.8, 4) is 0 Å². The summed E-state index contributed by atoms with van der Waals surface area (Å²) in [7, 11) is 0. The fraction of sp³-hybridized carbons (Fsp3) is 0.364. The first-order chi connectivity index (χ1) is 6.20. The first-order valence-corrected chi connectivity index (χ1v) is 5.32. The highest BCUT2D eigenvalue weighted by Crippen LogP contribution is 2.30. The van der Waals surface area contributed by atoms with Gasteiger partial charge in [0, 0.05) is 5.39 Å². The third-order valence-corrected chi connectivity index (χ3v) is 3.33. The van der Waals surface area contributed by atoms with Gasteiger partial charge >= 0.3 is 0 Å². The van der Waals surface area contributed by atoms with Crippen LogP contribution in [-0.4, -0.2) is 4.37 Å². The molecule has 0 amide bonds. The van der Waals surface area contributed by atoms with Crippen molar-refractivity contribution in [3.05, 3.63) is 29.5 Å². The van der Waals surface area contributed by atoms with Gasteiger partial charge in [0.25, 0.3) is 0 Å². The van der Waals surface area contributed by atoms with Crippen molar-refractivity contribution in [1.29, 1.82) is 0 Å². The predicted octanol–water partition coefficient (Wildman–Crippen LogP) is 3.73. The van der Waals surface area contributed by atoms with Crippen LogP contribution < -0.4 is 0 Å². The smallest absolute Gasteiger partial charge is 0.0589 e. The van der Waals surface area contributed by atoms with Crippen molar-refractivity contribution in [3.63, 3.8) is 0 Å². The van der Waals surface area contributed by atoms with Crippen LogP contribution in [0.1, 0.15) is 31.0 Å². The lowest BCUT2D eigenvalue weighted by Crippen LogP contribution is -1.86. The number of benzene rings is 1. The summed E-state index contributed by atoms with van der Waals surface area (Å²) in [6.07, 6.45) is 0. The second-order valence-corrected chi connectivity index (χ2v) is 4.42. The highest BCUT2D eigenvalue weighted by molar-refractivity contribution is 7.13. The zero-order valence-corrected chi connectivity index (χ0v) is 8.98. The van der Waals surface area contributed by atoms with E-state index in [1.807, 2.05) is 0 Å². The molecule has 0 bridgehead atoms. The highest BCUT2D eigenvalue weighted by atomic mass is 32.1. The van der Waals surface area contributed by atoms with Crippen LogP contribution in [0, 0.1) is 6.92 Å². The summed E-state index contributed by atoms with van der Waals surface area (Å²) in [5.41, 5.74) is 2.57. The zero-order chi connectivity index (χ0) is 9.42. The van der Waals surface area contributed by atoms with E-state index in [9.17, 15) is 0 Å². The van der Waals surface area contributed by atoms with Gasteiger partial charge in [-0.3, -0.25) is 0 Å². The van der Waals surface area contributed by atoms with E-state index in [0.29, 0.717) is 5.92 Å². The summed E-state index contributed by atoms with van der Waals surface area (Å²) in [6, 6.07) is 6.48. The second kappa shape index (κ2) is 3.11. The average molecular weight is 191 g/mol. The molecule has 1 heterocycles. The molecule has 2 aromatic rings. The Balaban J connectivity index is 2.77. The van der Waals surface area contributed by atoms with Crippen molar-refractivity contribution in [1.82, 2.24) is 4.37 Å². The lowest BCUT2D eigenvalue weighted by molar-refractivity contribution is 0.878. The van der Waals surface area contributed by atoms with Gasteiger partial charge in [-0.1, -0.05) is 32.0 Å². The molecule has 0 saturated heterocycles. The molecule has 0 fully saturated rings. The van der Waals surface area contributed by atoms with Crippen molar-refractivity contribution >= 4 is 21.6 Å². The Bertz CT molecular complexity index is 429. The quantitative estimate of drug-likeness (QED) is 0.669. The molecule has 0 aliphatic heterocycles. The molecule has 2 heteroatoms. The minimum atomic E-state index is 0.587. The monoisotopic (exact) mass is 191 g/mol. The summed E-state index contributed by atoms with van der Waals surface area (Å²) in [6.45, 7) is 6.52. The predicted molar refractivity (Wildman–Crippen MR) is 58.4 cm³/mol. The molecule has 1 nitrogen and oxygen atoms in total. The Morgan fingerprint density at radius 3 is 2.77 bits per heavy atom. The lowest BCUT2D eigenvalue weighted by atomic mass is 10.0. The maximum atomic E-state index is 4.38. The summed E-state index contributed by atoms with van der Waals surface area (Å²) >= 11 is 1.62. The van der Waals surface area contributed by atoms with Crippen molar-refractivity contribution < 1.29 is 0 Å². The van der Waals surface area contributed by atoms with Crippen molar-refractivity contribution in [2.75, 3.05) is 0 Å². The lowest BCUT2D eigenvalue weighted by Gasteiger charge is -2.05.